The number of carbonyl (C=O) groups excluding carboxylic acids is 2. The second-order valence-corrected chi connectivity index (χ2v) is 11.6. The van der Waals surface area contributed by atoms with Crippen LogP contribution >= 0.6 is 11.8 Å². The Kier molecular flexibility index (Phi) is 8.34. The van der Waals surface area contributed by atoms with Gasteiger partial charge in [0, 0.05) is 42.1 Å². The Morgan fingerprint density at radius 2 is 2.05 bits per heavy atom. The number of aromatic nitrogens is 5. The predicted molar refractivity (Wildman–Crippen MR) is 153 cm³/mol. The number of nitrogens with one attached hydrogen (secondary N) is 1. The Morgan fingerprint density at radius 3 is 2.79 bits per heavy atom. The molecule has 4 aromatic rings. The molecule has 0 aliphatic carbocycles. The predicted octanol–water partition coefficient (Wildman–Crippen LogP) is 5.74. The quantitative estimate of drug-likeness (QED) is 0.268. The maximum atomic E-state index is 13.5. The maximum Gasteiger partial charge on any atom is 0.410 e. The molecule has 2 amide bonds. The number of amides is 2. The Labute approximate surface area is 245 Å². The third kappa shape index (κ3) is 6.48. The summed E-state index contributed by atoms with van der Waals surface area (Å²) >= 11 is 1.42. The standard InChI is InChI=1S/C28H31F2N7O4S/c1-28(2,3)41-27(39)35-11-5-7-17(15-35)37-16-21(33-25(38)20-14-32-36-12-6-10-31-24(20)36)23(34-37)19-13-18(42-4)8-9-22(19)40-26(29)30/h6,8-10,12-14,16-17,26H,5,7,11,15H2,1-4H3,(H,33,38)/t17-/m0/s1. The van der Waals surface area contributed by atoms with E-state index in [1.54, 1.807) is 46.4 Å². The number of piperidine rings is 1. The monoisotopic (exact) mass is 599 g/mol. The molecule has 1 aromatic carbocycles. The van der Waals surface area contributed by atoms with E-state index < -0.39 is 24.2 Å². The molecule has 0 unspecified atom stereocenters. The first-order valence-electron chi connectivity index (χ1n) is 13.3. The Morgan fingerprint density at radius 1 is 1.24 bits per heavy atom. The van der Waals surface area contributed by atoms with Crippen molar-refractivity contribution in [3.05, 3.63) is 54.6 Å². The van der Waals surface area contributed by atoms with Crippen molar-refractivity contribution in [1.29, 1.82) is 0 Å². The summed E-state index contributed by atoms with van der Waals surface area (Å²) in [5.41, 5.74) is 0.751. The van der Waals surface area contributed by atoms with Crippen LogP contribution in [-0.4, -0.2) is 72.8 Å². The third-order valence-electron chi connectivity index (χ3n) is 6.58. The van der Waals surface area contributed by atoms with Crippen LogP contribution in [0.25, 0.3) is 16.9 Å². The largest absolute Gasteiger partial charge is 0.444 e. The second kappa shape index (κ2) is 12.0. The molecule has 4 heterocycles. The molecule has 14 heteroatoms. The molecular weight excluding hydrogens is 568 g/mol. The van der Waals surface area contributed by atoms with E-state index in [9.17, 15) is 18.4 Å². The first-order valence-corrected chi connectivity index (χ1v) is 14.5. The lowest BCUT2D eigenvalue weighted by atomic mass is 10.1. The lowest BCUT2D eigenvalue weighted by Gasteiger charge is -2.34. The molecule has 1 fully saturated rings. The summed E-state index contributed by atoms with van der Waals surface area (Å²) in [6.07, 6.45) is 9.12. The summed E-state index contributed by atoms with van der Waals surface area (Å²) in [6.45, 7) is 3.22. The molecule has 1 aliphatic heterocycles. The average Bonchev–Trinajstić information content (AvgIpc) is 3.57. The van der Waals surface area contributed by atoms with Gasteiger partial charge < -0.3 is 19.7 Å². The number of rotatable bonds is 7. The normalized spacial score (nSPS) is 15.7. The maximum absolute atomic E-state index is 13.5. The van der Waals surface area contributed by atoms with Gasteiger partial charge in [0.1, 0.15) is 22.6 Å². The lowest BCUT2D eigenvalue weighted by Crippen LogP contribution is -2.43. The van der Waals surface area contributed by atoms with Crippen molar-refractivity contribution in [1.82, 2.24) is 29.3 Å². The van der Waals surface area contributed by atoms with E-state index in [4.69, 9.17) is 14.6 Å². The summed E-state index contributed by atoms with van der Waals surface area (Å²) in [5, 5.41) is 11.8. The third-order valence-corrected chi connectivity index (χ3v) is 7.31. The van der Waals surface area contributed by atoms with Gasteiger partial charge in [-0.25, -0.2) is 14.3 Å². The molecule has 1 atom stereocenters. The van der Waals surface area contributed by atoms with Crippen LogP contribution in [0, 0.1) is 0 Å². The number of ether oxygens (including phenoxy) is 2. The van der Waals surface area contributed by atoms with Gasteiger partial charge >= 0.3 is 12.7 Å². The molecular formula is C28H31F2N7O4S. The number of anilines is 1. The van der Waals surface area contributed by atoms with Gasteiger partial charge in [-0.1, -0.05) is 0 Å². The molecule has 1 N–H and O–H groups in total. The zero-order chi connectivity index (χ0) is 30.0. The fraction of sp³-hybridized carbons (Fsp3) is 0.393. The minimum absolute atomic E-state index is 0.0831. The van der Waals surface area contributed by atoms with Crippen LogP contribution in [0.4, 0.5) is 19.3 Å². The lowest BCUT2D eigenvalue weighted by molar-refractivity contribution is -0.0495. The van der Waals surface area contributed by atoms with Crippen molar-refractivity contribution in [2.24, 2.45) is 0 Å². The number of thioether (sulfide) groups is 1. The van der Waals surface area contributed by atoms with Gasteiger partial charge in [-0.3, -0.25) is 9.48 Å². The van der Waals surface area contributed by atoms with Gasteiger partial charge in [0.05, 0.1) is 17.9 Å². The van der Waals surface area contributed by atoms with Crippen LogP contribution in [0.2, 0.25) is 0 Å². The van der Waals surface area contributed by atoms with Crippen LogP contribution in [-0.2, 0) is 4.74 Å². The highest BCUT2D eigenvalue weighted by Crippen LogP contribution is 2.39. The van der Waals surface area contributed by atoms with Crippen LogP contribution < -0.4 is 10.1 Å². The molecule has 42 heavy (non-hydrogen) atoms. The zero-order valence-corrected chi connectivity index (χ0v) is 24.4. The van der Waals surface area contributed by atoms with Crippen LogP contribution in [0.5, 0.6) is 5.75 Å². The minimum Gasteiger partial charge on any atom is -0.444 e. The number of carbonyl (C=O) groups is 2. The summed E-state index contributed by atoms with van der Waals surface area (Å²) in [5.74, 6) is -0.582. The molecule has 5 rings (SSSR count). The van der Waals surface area contributed by atoms with E-state index in [1.807, 2.05) is 27.0 Å². The molecule has 222 valence electrons. The fourth-order valence-corrected chi connectivity index (χ4v) is 5.17. The van der Waals surface area contributed by atoms with Gasteiger partial charge in [-0.05, 0) is 64.1 Å². The number of fused-ring (bicyclic) bond motifs is 1. The molecule has 0 radical (unpaired) electrons. The first-order chi connectivity index (χ1) is 20.0. The van der Waals surface area contributed by atoms with Crippen molar-refractivity contribution in [3.63, 3.8) is 0 Å². The fourth-order valence-electron chi connectivity index (χ4n) is 4.73. The SMILES string of the molecule is CSc1ccc(OC(F)F)c(-c2nn([C@H]3CCCN(C(=O)OC(C)(C)C)C3)cc2NC(=O)c2cnn3cccnc23)c1. The van der Waals surface area contributed by atoms with Crippen LogP contribution in [0.1, 0.15) is 50.0 Å². The summed E-state index contributed by atoms with van der Waals surface area (Å²) in [6, 6.07) is 6.26. The van der Waals surface area contributed by atoms with Crippen molar-refractivity contribution in [2.45, 2.75) is 56.8 Å². The zero-order valence-electron chi connectivity index (χ0n) is 23.6. The summed E-state index contributed by atoms with van der Waals surface area (Å²) in [4.78, 5) is 32.9. The number of likely N-dealkylation sites (tertiary alicyclic amines) is 1. The van der Waals surface area contributed by atoms with Gasteiger partial charge in [-0.15, -0.1) is 11.8 Å². The highest BCUT2D eigenvalue weighted by atomic mass is 32.2. The van der Waals surface area contributed by atoms with Gasteiger partial charge in [0.15, 0.2) is 5.65 Å². The summed E-state index contributed by atoms with van der Waals surface area (Å²) in [7, 11) is 0. The number of halogens is 2. The van der Waals surface area contributed by atoms with Crippen molar-refractivity contribution in [3.8, 4) is 17.0 Å². The topological polar surface area (TPSA) is 116 Å². The summed E-state index contributed by atoms with van der Waals surface area (Å²) < 4.78 is 40.3. The number of benzene rings is 1. The van der Waals surface area contributed by atoms with Crippen molar-refractivity contribution < 1.29 is 27.8 Å². The van der Waals surface area contributed by atoms with Gasteiger partial charge in [0.2, 0.25) is 0 Å². The highest BCUT2D eigenvalue weighted by molar-refractivity contribution is 7.98. The first kappa shape index (κ1) is 29.3. The molecule has 1 aliphatic rings. The van der Waals surface area contributed by atoms with E-state index in [-0.39, 0.29) is 34.3 Å². The van der Waals surface area contributed by atoms with E-state index >= 15 is 0 Å². The van der Waals surface area contributed by atoms with Gasteiger partial charge in [-0.2, -0.15) is 19.0 Å². The molecule has 0 saturated carbocycles. The Balaban J connectivity index is 1.54. The Hall–Kier alpha value is -4.20. The van der Waals surface area contributed by atoms with E-state index in [0.29, 0.717) is 31.6 Å². The Bertz CT molecular complexity index is 1600. The molecule has 1 saturated heterocycles. The molecule has 0 spiro atoms. The van der Waals surface area contributed by atoms with E-state index in [2.05, 4.69) is 15.4 Å². The number of hydrogen-bond donors (Lipinski definition) is 1. The number of hydrogen-bond acceptors (Lipinski definition) is 8. The minimum atomic E-state index is -3.06. The van der Waals surface area contributed by atoms with Crippen molar-refractivity contribution >= 4 is 35.1 Å². The average molecular weight is 600 g/mol. The van der Waals surface area contributed by atoms with Crippen LogP contribution in [0.15, 0.2) is 53.9 Å². The molecule has 11 nitrogen and oxygen atoms in total. The number of alkyl halides is 2. The van der Waals surface area contributed by atoms with Crippen LogP contribution in [0.3, 0.4) is 0 Å². The second-order valence-electron chi connectivity index (χ2n) is 10.7. The number of nitrogens with zero attached hydrogens (tertiary/aromatic N) is 6. The smallest absolute Gasteiger partial charge is 0.410 e. The highest BCUT2D eigenvalue weighted by Gasteiger charge is 2.30. The van der Waals surface area contributed by atoms with E-state index in [0.717, 1.165) is 4.90 Å². The van der Waals surface area contributed by atoms with Crippen molar-refractivity contribution in [2.75, 3.05) is 24.7 Å². The molecule has 0 bridgehead atoms. The van der Waals surface area contributed by atoms with E-state index in [1.165, 1.54) is 28.5 Å². The molecule has 3 aromatic heterocycles. The van der Waals surface area contributed by atoms with Gasteiger partial charge in [0.25, 0.3) is 5.91 Å².